The summed E-state index contributed by atoms with van der Waals surface area (Å²) in [4.78, 5) is 0. The van der Waals surface area contributed by atoms with Gasteiger partial charge in [0.1, 0.15) is 0 Å². The molecule has 270 valence electrons. The van der Waals surface area contributed by atoms with Gasteiger partial charge in [-0.05, 0) is 111 Å². The van der Waals surface area contributed by atoms with Crippen molar-refractivity contribution in [2.45, 2.75) is 128 Å². The first kappa shape index (κ1) is 35.0. The summed E-state index contributed by atoms with van der Waals surface area (Å²) >= 11 is 0. The Kier molecular flexibility index (Phi) is 7.07. The Balaban J connectivity index is 1.42. The van der Waals surface area contributed by atoms with Gasteiger partial charge in [0, 0.05) is 34.8 Å². The van der Waals surface area contributed by atoms with E-state index in [0.717, 1.165) is 11.1 Å². The fourth-order valence-corrected chi connectivity index (χ4v) is 10.5. The van der Waals surface area contributed by atoms with Crippen molar-refractivity contribution in [3.05, 3.63) is 173 Å². The Bertz CT molecular complexity index is 2210. The van der Waals surface area contributed by atoms with E-state index in [-0.39, 0.29) is 45.3 Å². The van der Waals surface area contributed by atoms with Crippen LogP contribution in [0.1, 0.15) is 207 Å². The van der Waals surface area contributed by atoms with Gasteiger partial charge < -0.3 is 0 Å². The van der Waals surface area contributed by atoms with Crippen LogP contribution in [0.4, 0.5) is 0 Å². The van der Waals surface area contributed by atoms with Crippen LogP contribution in [0.25, 0.3) is 0 Å². The average molecular weight is 703 g/mol. The summed E-state index contributed by atoms with van der Waals surface area (Å²) in [5, 5.41) is 0. The van der Waals surface area contributed by atoms with Crippen LogP contribution < -0.4 is 0 Å². The van der Waals surface area contributed by atoms with Gasteiger partial charge in [-0.2, -0.15) is 0 Å². The van der Waals surface area contributed by atoms with Crippen molar-refractivity contribution < 1.29 is 0 Å². The molecule has 0 nitrogen and oxygen atoms in total. The van der Waals surface area contributed by atoms with Gasteiger partial charge in [0.25, 0.3) is 0 Å². The standard InChI is InChI=1S/C54H54/c1-15-33-47-43-35-21-17-31(53(9,10)11)27-41(35)45(37-23-19-29(25-39(37)43)51(3,4)5)49(47)34(16-2)50-46-38-24-20-30(52(6,7)8)26-40(38)44(48(33)50)36-22-18-32(28-42(36)46)54(12,13)14/h1-2,17-28,43-46H,3-14H3. The summed E-state index contributed by atoms with van der Waals surface area (Å²) in [5.41, 5.74) is 23.8. The van der Waals surface area contributed by atoms with E-state index in [1.165, 1.54) is 89.0 Å². The molecule has 6 aliphatic carbocycles. The molecule has 0 heterocycles. The Hall–Kier alpha value is -4.78. The van der Waals surface area contributed by atoms with E-state index >= 15 is 0 Å². The van der Waals surface area contributed by atoms with Crippen molar-refractivity contribution >= 4 is 0 Å². The van der Waals surface area contributed by atoms with Crippen molar-refractivity contribution in [1.82, 2.24) is 0 Å². The number of hydrogen-bond acceptors (Lipinski definition) is 0. The maximum absolute atomic E-state index is 6.89. The summed E-state index contributed by atoms with van der Waals surface area (Å²) in [7, 11) is 0. The van der Waals surface area contributed by atoms with Crippen LogP contribution in [-0.4, -0.2) is 0 Å². The quantitative estimate of drug-likeness (QED) is 0.138. The third kappa shape index (κ3) is 4.65. The van der Waals surface area contributed by atoms with Gasteiger partial charge in [-0.1, -0.05) is 168 Å². The highest BCUT2D eigenvalue weighted by Gasteiger charge is 2.51. The number of hydrogen-bond donors (Lipinski definition) is 0. The van der Waals surface area contributed by atoms with Crippen molar-refractivity contribution in [1.29, 1.82) is 0 Å². The van der Waals surface area contributed by atoms with Gasteiger partial charge in [0.15, 0.2) is 0 Å². The summed E-state index contributed by atoms with van der Waals surface area (Å²) in [6.45, 7) is 27.8. The van der Waals surface area contributed by atoms with Crippen LogP contribution in [-0.2, 0) is 21.7 Å². The molecule has 0 saturated heterocycles. The number of terminal acetylenes is 2. The minimum absolute atomic E-state index is 0.0124. The summed E-state index contributed by atoms with van der Waals surface area (Å²) in [6.07, 6.45) is 13.8. The zero-order chi connectivity index (χ0) is 38.6. The molecule has 54 heavy (non-hydrogen) atoms. The van der Waals surface area contributed by atoms with Crippen LogP contribution in [0.2, 0.25) is 0 Å². The molecule has 0 heteroatoms. The largest absolute Gasteiger partial charge is 0.115 e. The van der Waals surface area contributed by atoms with Gasteiger partial charge in [0.2, 0.25) is 0 Å². The molecule has 4 atom stereocenters. The minimum atomic E-state index is 0.0124. The van der Waals surface area contributed by atoms with Crippen LogP contribution >= 0.6 is 0 Å². The zero-order valence-electron chi connectivity index (χ0n) is 34.4. The molecule has 6 aliphatic rings. The van der Waals surface area contributed by atoms with Crippen molar-refractivity contribution in [3.63, 3.8) is 0 Å². The SMILES string of the molecule is C#Cc1c2c(c(C#C)c3c1C1c4ccc(C(C)(C)C)cc4C3c3ccc(C(C)(C)C)cc31)C1c3ccc(C(C)(C)C)cc3C2c2ccc(C(C)(C)C)cc21. The molecule has 11 rings (SSSR count). The van der Waals surface area contributed by atoms with Crippen LogP contribution in [0, 0.1) is 24.7 Å². The zero-order valence-corrected chi connectivity index (χ0v) is 34.4. The van der Waals surface area contributed by atoms with Gasteiger partial charge in [0.05, 0.1) is 0 Å². The highest BCUT2D eigenvalue weighted by atomic mass is 14.5. The van der Waals surface area contributed by atoms with Crippen molar-refractivity contribution in [2.24, 2.45) is 0 Å². The second kappa shape index (κ2) is 10.9. The van der Waals surface area contributed by atoms with E-state index < -0.39 is 0 Å². The van der Waals surface area contributed by atoms with E-state index in [2.05, 4.69) is 168 Å². The molecule has 4 bridgehead atoms. The van der Waals surface area contributed by atoms with Crippen LogP contribution in [0.3, 0.4) is 0 Å². The fraction of sp³-hybridized carbons (Fsp3) is 0.370. The molecule has 5 aromatic rings. The van der Waals surface area contributed by atoms with E-state index in [1.54, 1.807) is 0 Å². The first-order chi connectivity index (χ1) is 25.3. The molecular formula is C54H54. The molecule has 4 unspecified atom stereocenters. The van der Waals surface area contributed by atoms with Crippen molar-refractivity contribution in [3.8, 4) is 24.7 Å². The first-order valence-corrected chi connectivity index (χ1v) is 20.0. The van der Waals surface area contributed by atoms with Gasteiger partial charge >= 0.3 is 0 Å². The van der Waals surface area contributed by atoms with E-state index in [9.17, 15) is 0 Å². The maximum Gasteiger partial charge on any atom is 0.0362 e. The summed E-state index contributed by atoms with van der Waals surface area (Å²) in [6, 6.07) is 29.1. The van der Waals surface area contributed by atoms with Gasteiger partial charge in [-0.25, -0.2) is 0 Å². The smallest absolute Gasteiger partial charge is 0.0362 e. The third-order valence-corrected chi connectivity index (χ3v) is 13.4. The lowest BCUT2D eigenvalue weighted by Crippen LogP contribution is -2.36. The molecule has 0 spiro atoms. The van der Waals surface area contributed by atoms with Gasteiger partial charge in [-0.3, -0.25) is 0 Å². The highest BCUT2D eigenvalue weighted by Crippen LogP contribution is 2.64. The molecule has 0 saturated carbocycles. The van der Waals surface area contributed by atoms with Crippen LogP contribution in [0.5, 0.6) is 0 Å². The molecule has 0 radical (unpaired) electrons. The monoisotopic (exact) mass is 702 g/mol. The first-order valence-electron chi connectivity index (χ1n) is 20.0. The van der Waals surface area contributed by atoms with Gasteiger partial charge in [-0.15, -0.1) is 12.8 Å². The van der Waals surface area contributed by atoms with E-state index in [0.29, 0.717) is 0 Å². The lowest BCUT2D eigenvalue weighted by molar-refractivity contribution is 0.581. The molecule has 0 amide bonds. The maximum atomic E-state index is 6.89. The molecular weight excluding hydrogens is 649 g/mol. The fourth-order valence-electron chi connectivity index (χ4n) is 10.5. The Morgan fingerprint density at radius 3 is 0.704 bits per heavy atom. The lowest BCUT2D eigenvalue weighted by atomic mass is 9.53. The minimum Gasteiger partial charge on any atom is -0.115 e. The summed E-state index contributed by atoms with van der Waals surface area (Å²) in [5.74, 6) is 6.89. The second-order valence-corrected chi connectivity index (χ2v) is 20.8. The summed E-state index contributed by atoms with van der Waals surface area (Å²) < 4.78 is 0. The topological polar surface area (TPSA) is 0 Å². The number of benzene rings is 5. The molecule has 0 N–H and O–H groups in total. The van der Waals surface area contributed by atoms with Crippen molar-refractivity contribution in [2.75, 3.05) is 0 Å². The van der Waals surface area contributed by atoms with E-state index in [1.807, 2.05) is 0 Å². The average Bonchev–Trinajstić information content (AvgIpc) is 3.10. The highest BCUT2D eigenvalue weighted by molar-refractivity contribution is 5.82. The Morgan fingerprint density at radius 1 is 0.333 bits per heavy atom. The number of rotatable bonds is 0. The molecule has 0 aromatic heterocycles. The predicted molar refractivity (Wildman–Crippen MR) is 227 cm³/mol. The Labute approximate surface area is 324 Å². The molecule has 0 aliphatic heterocycles. The lowest BCUT2D eigenvalue weighted by Gasteiger charge is -2.49. The second-order valence-electron chi connectivity index (χ2n) is 20.8. The third-order valence-electron chi connectivity index (χ3n) is 13.4. The van der Waals surface area contributed by atoms with E-state index in [4.69, 9.17) is 12.8 Å². The molecule has 0 fully saturated rings. The molecule has 5 aromatic carbocycles. The van der Waals surface area contributed by atoms with Crippen LogP contribution in [0.15, 0.2) is 72.8 Å². The predicted octanol–water partition coefficient (Wildman–Crippen LogP) is 12.8. The normalized spacial score (nSPS) is 20.2. The Morgan fingerprint density at radius 2 is 0.537 bits per heavy atom.